The molecule has 178 valence electrons. The Morgan fingerprint density at radius 2 is 1.97 bits per heavy atom. The van der Waals surface area contributed by atoms with E-state index in [1.54, 1.807) is 18.0 Å². The fraction of sp³-hybridized carbons (Fsp3) is 0.552. The number of aromatic nitrogens is 3. The highest BCUT2D eigenvalue weighted by atomic mass is 16.1. The fourth-order valence-corrected chi connectivity index (χ4v) is 8.05. The SMILES string of the molecule is Cc1cn(C2=CCC3C4CC=C5C[C@@H](NC(=O)c6cccnc6)CC[C@]5(C)C4CC[C@]23C)cn1. The zero-order valence-corrected chi connectivity index (χ0v) is 20.6. The zero-order chi connectivity index (χ0) is 23.5. The van der Waals surface area contributed by atoms with Gasteiger partial charge in [-0.1, -0.05) is 31.6 Å². The molecule has 3 unspecified atom stereocenters. The van der Waals surface area contributed by atoms with Gasteiger partial charge in [0.1, 0.15) is 0 Å². The number of rotatable bonds is 3. The van der Waals surface area contributed by atoms with Crippen LogP contribution in [0.4, 0.5) is 0 Å². The number of aryl methyl sites for hydroxylation is 1. The summed E-state index contributed by atoms with van der Waals surface area (Å²) in [5.41, 5.74) is 5.32. The standard InChI is InChI=1S/C29H36N4O/c1-19-17-33(18-31-19)26-9-8-24-23-7-6-21-15-22(32-27(34)20-5-4-14-30-16-20)10-12-28(21,2)25(23)11-13-29(24,26)3/h4-6,9,14,16-18,22-25H,7-8,10-13,15H2,1-3H3,(H,32,34)/t22-,23?,24?,25?,28-,29-/m0/s1. The number of allylic oxidation sites excluding steroid dienone is 3. The molecule has 34 heavy (non-hydrogen) atoms. The fourth-order valence-electron chi connectivity index (χ4n) is 8.05. The first-order valence-corrected chi connectivity index (χ1v) is 13.0. The minimum Gasteiger partial charge on any atom is -0.349 e. The largest absolute Gasteiger partial charge is 0.349 e. The lowest BCUT2D eigenvalue weighted by Crippen LogP contribution is -2.51. The van der Waals surface area contributed by atoms with Crippen molar-refractivity contribution in [3.05, 3.63) is 66.0 Å². The highest BCUT2D eigenvalue weighted by Gasteiger charge is 2.57. The van der Waals surface area contributed by atoms with Gasteiger partial charge >= 0.3 is 0 Å². The van der Waals surface area contributed by atoms with Crippen LogP contribution in [0.15, 0.2) is 54.8 Å². The topological polar surface area (TPSA) is 59.8 Å². The van der Waals surface area contributed by atoms with Crippen LogP contribution < -0.4 is 5.32 Å². The predicted octanol–water partition coefficient (Wildman–Crippen LogP) is 5.80. The molecule has 1 N–H and O–H groups in total. The second-order valence-corrected chi connectivity index (χ2v) is 11.6. The van der Waals surface area contributed by atoms with Gasteiger partial charge in [0.2, 0.25) is 0 Å². The van der Waals surface area contributed by atoms with Crippen LogP contribution in [0.5, 0.6) is 0 Å². The molecule has 2 heterocycles. The first-order valence-electron chi connectivity index (χ1n) is 13.0. The predicted molar refractivity (Wildman–Crippen MR) is 134 cm³/mol. The van der Waals surface area contributed by atoms with Crippen LogP contribution in [0.2, 0.25) is 0 Å². The van der Waals surface area contributed by atoms with Gasteiger partial charge in [-0.3, -0.25) is 9.78 Å². The van der Waals surface area contributed by atoms with E-state index in [2.05, 4.69) is 59.0 Å². The summed E-state index contributed by atoms with van der Waals surface area (Å²) in [6.45, 7) is 7.11. The number of hydrogen-bond donors (Lipinski definition) is 1. The highest BCUT2D eigenvalue weighted by Crippen LogP contribution is 2.65. The third-order valence-corrected chi connectivity index (χ3v) is 9.89. The summed E-state index contributed by atoms with van der Waals surface area (Å²) in [4.78, 5) is 21.3. The summed E-state index contributed by atoms with van der Waals surface area (Å²) in [6, 6.07) is 3.89. The van der Waals surface area contributed by atoms with E-state index in [0.717, 1.165) is 30.4 Å². The van der Waals surface area contributed by atoms with Gasteiger partial charge in [0.05, 0.1) is 17.6 Å². The molecule has 2 aromatic rings. The molecule has 5 heteroatoms. The number of carbonyl (C=O) groups is 1. The van der Waals surface area contributed by atoms with Crippen molar-refractivity contribution in [1.82, 2.24) is 19.9 Å². The number of amides is 1. The number of nitrogens with zero attached hydrogens (tertiary/aromatic N) is 3. The summed E-state index contributed by atoms with van der Waals surface area (Å²) < 4.78 is 2.29. The smallest absolute Gasteiger partial charge is 0.253 e. The molecule has 0 radical (unpaired) electrons. The first-order chi connectivity index (χ1) is 16.4. The zero-order valence-electron chi connectivity index (χ0n) is 20.6. The van der Waals surface area contributed by atoms with Crippen LogP contribution in [0.3, 0.4) is 0 Å². The summed E-state index contributed by atoms with van der Waals surface area (Å²) in [7, 11) is 0. The van der Waals surface area contributed by atoms with Gasteiger partial charge in [0.25, 0.3) is 5.91 Å². The van der Waals surface area contributed by atoms with E-state index in [0.29, 0.717) is 11.5 Å². The molecule has 2 fully saturated rings. The molecule has 0 saturated heterocycles. The first kappa shape index (κ1) is 21.8. The summed E-state index contributed by atoms with van der Waals surface area (Å²) in [5, 5.41) is 3.29. The molecule has 4 aliphatic carbocycles. The molecule has 2 aromatic heterocycles. The van der Waals surface area contributed by atoms with Crippen molar-refractivity contribution < 1.29 is 4.79 Å². The van der Waals surface area contributed by atoms with Gasteiger partial charge < -0.3 is 9.88 Å². The average Bonchev–Trinajstić information content (AvgIpc) is 3.42. The quantitative estimate of drug-likeness (QED) is 0.594. The second-order valence-electron chi connectivity index (χ2n) is 11.6. The Hall–Kier alpha value is -2.69. The van der Waals surface area contributed by atoms with E-state index in [-0.39, 0.29) is 22.8 Å². The average molecular weight is 457 g/mol. The Kier molecular flexibility index (Phi) is 5.09. The number of fused-ring (bicyclic) bond motifs is 5. The lowest BCUT2D eigenvalue weighted by atomic mass is 9.47. The molecule has 0 spiro atoms. The maximum atomic E-state index is 12.7. The van der Waals surface area contributed by atoms with Crippen molar-refractivity contribution in [1.29, 1.82) is 0 Å². The lowest BCUT2D eigenvalue weighted by Gasteiger charge is -2.58. The molecule has 6 atom stereocenters. The summed E-state index contributed by atoms with van der Waals surface area (Å²) >= 11 is 0. The van der Waals surface area contributed by atoms with Gasteiger partial charge in [-0.25, -0.2) is 4.98 Å². The Morgan fingerprint density at radius 1 is 1.12 bits per heavy atom. The van der Waals surface area contributed by atoms with Gasteiger partial charge in [-0.05, 0) is 87.2 Å². The Labute approximate surface area is 202 Å². The van der Waals surface area contributed by atoms with E-state index in [1.807, 2.05) is 18.5 Å². The van der Waals surface area contributed by atoms with Crippen LogP contribution in [0.25, 0.3) is 5.70 Å². The second kappa shape index (κ2) is 7.93. The molecule has 6 rings (SSSR count). The summed E-state index contributed by atoms with van der Waals surface area (Å²) in [6.07, 6.45) is 20.8. The number of imidazole rings is 1. The number of pyridine rings is 1. The Morgan fingerprint density at radius 3 is 2.74 bits per heavy atom. The maximum absolute atomic E-state index is 12.7. The molecule has 2 saturated carbocycles. The molecule has 4 aliphatic rings. The van der Waals surface area contributed by atoms with Crippen molar-refractivity contribution in [3.8, 4) is 0 Å². The number of nitrogens with one attached hydrogen (secondary N) is 1. The van der Waals surface area contributed by atoms with Gasteiger partial charge in [-0.2, -0.15) is 0 Å². The van der Waals surface area contributed by atoms with Crippen molar-refractivity contribution >= 4 is 11.6 Å². The number of hydrogen-bond acceptors (Lipinski definition) is 3. The maximum Gasteiger partial charge on any atom is 0.253 e. The highest BCUT2D eigenvalue weighted by molar-refractivity contribution is 5.94. The van der Waals surface area contributed by atoms with Crippen molar-refractivity contribution in [3.63, 3.8) is 0 Å². The lowest BCUT2D eigenvalue weighted by molar-refractivity contribution is -0.0137. The minimum atomic E-state index is 0.00344. The van der Waals surface area contributed by atoms with Crippen LogP contribution in [0.1, 0.15) is 74.8 Å². The molecule has 0 aromatic carbocycles. The van der Waals surface area contributed by atoms with E-state index in [9.17, 15) is 4.79 Å². The van der Waals surface area contributed by atoms with Crippen molar-refractivity contribution in [2.24, 2.45) is 28.6 Å². The van der Waals surface area contributed by atoms with E-state index in [4.69, 9.17) is 0 Å². The van der Waals surface area contributed by atoms with Crippen molar-refractivity contribution in [2.75, 3.05) is 0 Å². The van der Waals surface area contributed by atoms with E-state index >= 15 is 0 Å². The van der Waals surface area contributed by atoms with Crippen LogP contribution in [-0.4, -0.2) is 26.5 Å². The third-order valence-electron chi connectivity index (χ3n) is 9.89. The van der Waals surface area contributed by atoms with Crippen molar-refractivity contribution in [2.45, 2.75) is 71.8 Å². The normalized spacial score (nSPS) is 36.6. The molecular weight excluding hydrogens is 420 g/mol. The molecule has 5 nitrogen and oxygen atoms in total. The van der Waals surface area contributed by atoms with E-state index in [1.165, 1.54) is 37.8 Å². The van der Waals surface area contributed by atoms with Crippen LogP contribution in [-0.2, 0) is 0 Å². The molecule has 0 aliphatic heterocycles. The third kappa shape index (κ3) is 3.30. The van der Waals surface area contributed by atoms with Crippen LogP contribution in [0, 0.1) is 35.5 Å². The van der Waals surface area contributed by atoms with Gasteiger partial charge in [0.15, 0.2) is 0 Å². The molecule has 0 bridgehead atoms. The molecule has 1 amide bonds. The Balaban J connectivity index is 1.20. The van der Waals surface area contributed by atoms with E-state index < -0.39 is 0 Å². The minimum absolute atomic E-state index is 0.00344. The number of carbonyl (C=O) groups excluding carboxylic acids is 1. The van der Waals surface area contributed by atoms with Gasteiger partial charge in [0, 0.05) is 35.7 Å². The monoisotopic (exact) mass is 456 g/mol. The van der Waals surface area contributed by atoms with Crippen LogP contribution >= 0.6 is 0 Å². The molecular formula is C29H36N4O. The van der Waals surface area contributed by atoms with Gasteiger partial charge in [-0.15, -0.1) is 0 Å². The summed E-state index contributed by atoms with van der Waals surface area (Å²) in [5.74, 6) is 2.20. The Bertz CT molecular complexity index is 1160.